The molecule has 0 heterocycles. The van der Waals surface area contributed by atoms with E-state index in [0.29, 0.717) is 0 Å². The van der Waals surface area contributed by atoms with Gasteiger partial charge >= 0.3 is 0 Å². The van der Waals surface area contributed by atoms with E-state index in [1.54, 1.807) is 6.08 Å². The predicted octanol–water partition coefficient (Wildman–Crippen LogP) is 3.92. The molecule has 0 saturated heterocycles. The van der Waals surface area contributed by atoms with E-state index in [4.69, 9.17) is 0 Å². The van der Waals surface area contributed by atoms with Crippen molar-refractivity contribution in [3.63, 3.8) is 0 Å². The number of hydrogen-bond donors (Lipinski definition) is 0. The summed E-state index contributed by atoms with van der Waals surface area (Å²) in [4.78, 5) is 11.6. The Balaban J connectivity index is 2.53. The fourth-order valence-electron chi connectivity index (χ4n) is 1.33. The van der Waals surface area contributed by atoms with E-state index >= 15 is 0 Å². The van der Waals surface area contributed by atoms with Gasteiger partial charge in [0, 0.05) is 5.56 Å². The van der Waals surface area contributed by atoms with Crippen molar-refractivity contribution in [2.75, 3.05) is 0 Å². The Hall–Kier alpha value is -1.37. The van der Waals surface area contributed by atoms with Gasteiger partial charge in [-0.15, -0.1) is 0 Å². The van der Waals surface area contributed by atoms with Crippen LogP contribution in [0.25, 0.3) is 0 Å². The second kappa shape index (κ2) is 6.18. The maximum absolute atomic E-state index is 11.6. The third kappa shape index (κ3) is 4.11. The van der Waals surface area contributed by atoms with E-state index in [9.17, 15) is 4.79 Å². The number of aryl methyl sites for hydroxylation is 1. The molecule has 0 spiro atoms. The zero-order chi connectivity index (χ0) is 11.1. The third-order valence-corrected chi connectivity index (χ3v) is 2.33. The number of carbonyl (C=O) groups is 1. The number of ketones is 1. The van der Waals surface area contributed by atoms with Crippen molar-refractivity contribution in [3.05, 3.63) is 47.5 Å². The van der Waals surface area contributed by atoms with Crippen molar-refractivity contribution in [1.82, 2.24) is 0 Å². The predicted molar refractivity (Wildman–Crippen MR) is 64.2 cm³/mol. The van der Waals surface area contributed by atoms with Crippen LogP contribution >= 0.6 is 0 Å². The Morgan fingerprint density at radius 2 is 1.93 bits per heavy atom. The summed E-state index contributed by atoms with van der Waals surface area (Å²) in [5.41, 5.74) is 1.95. The molecule has 0 unspecified atom stereocenters. The van der Waals surface area contributed by atoms with Gasteiger partial charge in [0.2, 0.25) is 0 Å². The second-order valence-electron chi connectivity index (χ2n) is 3.77. The first kappa shape index (κ1) is 11.7. The van der Waals surface area contributed by atoms with Crippen LogP contribution in [0.5, 0.6) is 0 Å². The van der Waals surface area contributed by atoms with Crippen molar-refractivity contribution in [1.29, 1.82) is 0 Å². The maximum Gasteiger partial charge on any atom is 0.185 e. The van der Waals surface area contributed by atoms with Crippen LogP contribution in [0, 0.1) is 6.92 Å². The summed E-state index contributed by atoms with van der Waals surface area (Å²) < 4.78 is 0. The number of unbranched alkanes of at least 4 members (excludes halogenated alkanes) is 2. The highest BCUT2D eigenvalue weighted by atomic mass is 16.1. The van der Waals surface area contributed by atoms with Crippen LogP contribution in [-0.4, -0.2) is 5.78 Å². The average molecular weight is 202 g/mol. The molecule has 80 valence electrons. The molecule has 0 saturated carbocycles. The van der Waals surface area contributed by atoms with Crippen molar-refractivity contribution in [2.45, 2.75) is 33.1 Å². The summed E-state index contributed by atoms with van der Waals surface area (Å²) in [6.45, 7) is 4.17. The zero-order valence-electron chi connectivity index (χ0n) is 9.49. The molecule has 0 bridgehead atoms. The van der Waals surface area contributed by atoms with Gasteiger partial charge in [0.25, 0.3) is 0 Å². The monoisotopic (exact) mass is 202 g/mol. The van der Waals surface area contributed by atoms with Gasteiger partial charge in [-0.05, 0) is 19.4 Å². The number of allylic oxidation sites excluding steroid dienone is 2. The summed E-state index contributed by atoms with van der Waals surface area (Å²) in [6, 6.07) is 7.68. The standard InChI is InChI=1S/C14H18O/c1-3-4-5-6-7-14(15)13-10-8-12(2)9-11-13/h6-11H,3-5H2,1-2H3/b7-6+. The van der Waals surface area contributed by atoms with Crippen LogP contribution in [0.3, 0.4) is 0 Å². The highest BCUT2D eigenvalue weighted by molar-refractivity contribution is 6.04. The molecule has 0 aliphatic carbocycles. The largest absolute Gasteiger partial charge is 0.289 e. The van der Waals surface area contributed by atoms with Crippen LogP contribution in [0.15, 0.2) is 36.4 Å². The molecule has 1 aromatic rings. The summed E-state index contributed by atoms with van der Waals surface area (Å²) in [5, 5.41) is 0. The van der Waals surface area contributed by atoms with Crippen LogP contribution in [0.4, 0.5) is 0 Å². The lowest BCUT2D eigenvalue weighted by molar-refractivity contribution is 0.104. The first-order valence-electron chi connectivity index (χ1n) is 5.51. The van der Waals surface area contributed by atoms with Crippen LogP contribution < -0.4 is 0 Å². The Kier molecular flexibility index (Phi) is 4.82. The van der Waals surface area contributed by atoms with Gasteiger partial charge in [0.15, 0.2) is 5.78 Å². The van der Waals surface area contributed by atoms with Crippen LogP contribution in [0.1, 0.15) is 42.1 Å². The number of benzene rings is 1. The molecule has 15 heavy (non-hydrogen) atoms. The quantitative estimate of drug-likeness (QED) is 0.402. The molecular formula is C14H18O. The molecule has 1 aromatic carbocycles. The Morgan fingerprint density at radius 1 is 1.27 bits per heavy atom. The molecule has 1 nitrogen and oxygen atoms in total. The van der Waals surface area contributed by atoms with Gasteiger partial charge in [-0.3, -0.25) is 4.79 Å². The molecule has 1 rings (SSSR count). The number of carbonyl (C=O) groups excluding carboxylic acids is 1. The normalized spacial score (nSPS) is 10.8. The van der Waals surface area contributed by atoms with Crippen LogP contribution in [0.2, 0.25) is 0 Å². The molecule has 0 aromatic heterocycles. The molecule has 0 N–H and O–H groups in total. The number of rotatable bonds is 5. The molecule has 0 aliphatic rings. The summed E-state index contributed by atoms with van der Waals surface area (Å²) >= 11 is 0. The zero-order valence-corrected chi connectivity index (χ0v) is 9.49. The first-order valence-corrected chi connectivity index (χ1v) is 5.51. The van der Waals surface area contributed by atoms with Gasteiger partial charge in [-0.2, -0.15) is 0 Å². The molecule has 0 atom stereocenters. The number of hydrogen-bond acceptors (Lipinski definition) is 1. The molecule has 0 aliphatic heterocycles. The fourth-order valence-corrected chi connectivity index (χ4v) is 1.33. The lowest BCUT2D eigenvalue weighted by atomic mass is 10.1. The average Bonchev–Trinajstić information content (AvgIpc) is 2.25. The molecule has 0 fully saturated rings. The SMILES string of the molecule is CCCC/C=C/C(=O)c1ccc(C)cc1. The molecule has 0 amide bonds. The molecule has 0 radical (unpaired) electrons. The summed E-state index contributed by atoms with van der Waals surface area (Å²) in [5.74, 6) is 0.103. The van der Waals surface area contributed by atoms with E-state index in [-0.39, 0.29) is 5.78 Å². The van der Waals surface area contributed by atoms with Gasteiger partial charge in [0.1, 0.15) is 0 Å². The van der Waals surface area contributed by atoms with Crippen molar-refractivity contribution >= 4 is 5.78 Å². The van der Waals surface area contributed by atoms with Gasteiger partial charge < -0.3 is 0 Å². The van der Waals surface area contributed by atoms with Gasteiger partial charge in [-0.25, -0.2) is 0 Å². The minimum atomic E-state index is 0.103. The maximum atomic E-state index is 11.6. The topological polar surface area (TPSA) is 17.1 Å². The third-order valence-electron chi connectivity index (χ3n) is 2.33. The van der Waals surface area contributed by atoms with E-state index in [1.165, 1.54) is 12.0 Å². The van der Waals surface area contributed by atoms with E-state index in [0.717, 1.165) is 18.4 Å². The van der Waals surface area contributed by atoms with Crippen molar-refractivity contribution < 1.29 is 4.79 Å². The van der Waals surface area contributed by atoms with Crippen molar-refractivity contribution in [2.24, 2.45) is 0 Å². The highest BCUT2D eigenvalue weighted by Crippen LogP contribution is 2.05. The fraction of sp³-hybridized carbons (Fsp3) is 0.357. The lowest BCUT2D eigenvalue weighted by Gasteiger charge is -1.96. The van der Waals surface area contributed by atoms with E-state index < -0.39 is 0 Å². The van der Waals surface area contributed by atoms with Crippen LogP contribution in [-0.2, 0) is 0 Å². The van der Waals surface area contributed by atoms with Gasteiger partial charge in [0.05, 0.1) is 0 Å². The Morgan fingerprint density at radius 3 is 2.53 bits per heavy atom. The van der Waals surface area contributed by atoms with E-state index in [2.05, 4.69) is 6.92 Å². The Bertz CT molecular complexity index is 333. The second-order valence-corrected chi connectivity index (χ2v) is 3.77. The molecule has 1 heteroatoms. The van der Waals surface area contributed by atoms with E-state index in [1.807, 2.05) is 37.3 Å². The summed E-state index contributed by atoms with van der Waals surface area (Å²) in [7, 11) is 0. The summed E-state index contributed by atoms with van der Waals surface area (Å²) in [6.07, 6.45) is 6.96. The minimum Gasteiger partial charge on any atom is -0.289 e. The smallest absolute Gasteiger partial charge is 0.185 e. The highest BCUT2D eigenvalue weighted by Gasteiger charge is 1.99. The lowest BCUT2D eigenvalue weighted by Crippen LogP contribution is -1.93. The van der Waals surface area contributed by atoms with Crippen molar-refractivity contribution in [3.8, 4) is 0 Å². The van der Waals surface area contributed by atoms with Gasteiger partial charge in [-0.1, -0.05) is 55.7 Å². The minimum absolute atomic E-state index is 0.103. The first-order chi connectivity index (χ1) is 7.24. The Labute approximate surface area is 91.8 Å². The molecular weight excluding hydrogens is 184 g/mol.